The number of nitrogens with one attached hydrogen (secondary N) is 1. The molecule has 1 fully saturated rings. The molecule has 0 bridgehead atoms. The number of hydrogen-bond donors (Lipinski definition) is 1. The number of amides is 3. The molecule has 0 unspecified atom stereocenters. The minimum atomic E-state index is -4.81. The van der Waals surface area contributed by atoms with E-state index >= 15 is 4.39 Å². The molecule has 0 saturated carbocycles. The number of rotatable bonds is 6. The van der Waals surface area contributed by atoms with Crippen LogP contribution in [0.2, 0.25) is 0 Å². The summed E-state index contributed by atoms with van der Waals surface area (Å²) in [5.74, 6) is -0.992. The fraction of sp³-hybridized carbons (Fsp3) is 0.207. The molecular formula is C29H24F4N6O3S. The molecule has 1 saturated heterocycles. The molecule has 1 N–H and O–H groups in total. The van der Waals surface area contributed by atoms with Crippen molar-refractivity contribution in [2.45, 2.75) is 33.1 Å². The Morgan fingerprint density at radius 1 is 1.09 bits per heavy atom. The zero-order valence-electron chi connectivity index (χ0n) is 23.0. The number of thioether (sulfide) groups is 1. The quantitative estimate of drug-likeness (QED) is 0.234. The molecule has 0 radical (unpaired) electrons. The molecule has 222 valence electrons. The number of carbonyl (C=O) groups is 2. The molecule has 1 aromatic heterocycles. The summed E-state index contributed by atoms with van der Waals surface area (Å²) < 4.78 is 57.4. The van der Waals surface area contributed by atoms with Gasteiger partial charge in [0.05, 0.1) is 22.8 Å². The number of amidine groups is 1. The van der Waals surface area contributed by atoms with Crippen molar-refractivity contribution in [3.05, 3.63) is 83.9 Å². The van der Waals surface area contributed by atoms with Crippen molar-refractivity contribution in [2.24, 2.45) is 4.99 Å². The molecule has 5 rings (SSSR count). The lowest BCUT2D eigenvalue weighted by Gasteiger charge is -2.22. The van der Waals surface area contributed by atoms with E-state index in [1.807, 2.05) is 39.0 Å². The number of nitrogens with zero attached hydrogens (tertiary/aromatic N) is 5. The van der Waals surface area contributed by atoms with Gasteiger partial charge in [0, 0.05) is 5.56 Å². The molecule has 1 aliphatic heterocycles. The van der Waals surface area contributed by atoms with Gasteiger partial charge in [0.1, 0.15) is 17.9 Å². The second-order valence-electron chi connectivity index (χ2n) is 9.81. The number of anilines is 2. The van der Waals surface area contributed by atoms with Crippen LogP contribution >= 0.6 is 11.8 Å². The van der Waals surface area contributed by atoms with Gasteiger partial charge in [-0.1, -0.05) is 37.7 Å². The van der Waals surface area contributed by atoms with E-state index < -0.39 is 18.2 Å². The Morgan fingerprint density at radius 2 is 1.84 bits per heavy atom. The van der Waals surface area contributed by atoms with Gasteiger partial charge in [-0.05, 0) is 72.5 Å². The van der Waals surface area contributed by atoms with E-state index in [0.717, 1.165) is 41.1 Å². The van der Waals surface area contributed by atoms with Crippen LogP contribution in [-0.4, -0.2) is 44.0 Å². The van der Waals surface area contributed by atoms with Crippen molar-refractivity contribution in [3.8, 4) is 22.8 Å². The summed E-state index contributed by atoms with van der Waals surface area (Å²) in [5.41, 5.74) is 3.09. The predicted octanol–water partition coefficient (Wildman–Crippen LogP) is 7.07. The van der Waals surface area contributed by atoms with E-state index in [4.69, 9.17) is 0 Å². The van der Waals surface area contributed by atoms with Crippen LogP contribution in [0.15, 0.2) is 72.0 Å². The van der Waals surface area contributed by atoms with Crippen molar-refractivity contribution in [1.82, 2.24) is 14.8 Å². The molecule has 3 aromatic carbocycles. The summed E-state index contributed by atoms with van der Waals surface area (Å²) in [6, 6.07) is 13.9. The van der Waals surface area contributed by atoms with E-state index in [-0.39, 0.29) is 40.0 Å². The molecular weight excluding hydrogens is 588 g/mol. The first-order valence-electron chi connectivity index (χ1n) is 12.9. The van der Waals surface area contributed by atoms with Gasteiger partial charge in [0.2, 0.25) is 5.91 Å². The van der Waals surface area contributed by atoms with Gasteiger partial charge < -0.3 is 10.1 Å². The largest absolute Gasteiger partial charge is 0.573 e. The maximum Gasteiger partial charge on any atom is 0.573 e. The summed E-state index contributed by atoms with van der Waals surface area (Å²) in [6.45, 7) is 5.92. The summed E-state index contributed by atoms with van der Waals surface area (Å²) in [4.78, 5) is 35.2. The van der Waals surface area contributed by atoms with Gasteiger partial charge in [-0.15, -0.1) is 18.3 Å². The third-order valence-electron chi connectivity index (χ3n) is 6.31. The highest BCUT2D eigenvalue weighted by molar-refractivity contribution is 8.15. The van der Waals surface area contributed by atoms with E-state index in [0.29, 0.717) is 16.9 Å². The maximum absolute atomic E-state index is 15.0. The van der Waals surface area contributed by atoms with Gasteiger partial charge in [0.25, 0.3) is 0 Å². The van der Waals surface area contributed by atoms with E-state index in [9.17, 15) is 22.8 Å². The number of urea groups is 1. The number of hydrogen-bond acceptors (Lipinski definition) is 6. The highest BCUT2D eigenvalue weighted by Gasteiger charge is 2.33. The standard InChI is InChI=1S/C29H24F4N6O3S/c1-16(2)21-10-4-17(3)12-24(21)39-25(40)14-43-28(39)36-27(41)35-23-11-5-18(13-22(23)30)26-34-15-38(37-26)19-6-8-20(9-7-19)42-29(31,32)33/h4-13,15-16H,14H2,1-3H3,(H,35,41)/b36-28-. The second kappa shape index (κ2) is 11.9. The molecule has 0 aliphatic carbocycles. The fourth-order valence-corrected chi connectivity index (χ4v) is 5.18. The fourth-order valence-electron chi connectivity index (χ4n) is 4.32. The topological polar surface area (TPSA) is 102 Å². The third-order valence-corrected chi connectivity index (χ3v) is 7.23. The first-order valence-corrected chi connectivity index (χ1v) is 13.9. The lowest BCUT2D eigenvalue weighted by atomic mass is 9.99. The molecule has 2 heterocycles. The monoisotopic (exact) mass is 612 g/mol. The number of ether oxygens (including phenoxy) is 1. The lowest BCUT2D eigenvalue weighted by Crippen LogP contribution is -2.31. The van der Waals surface area contributed by atoms with Crippen LogP contribution in [0.25, 0.3) is 17.1 Å². The van der Waals surface area contributed by atoms with Crippen LogP contribution in [0.5, 0.6) is 5.75 Å². The molecule has 9 nitrogen and oxygen atoms in total. The first kappa shape index (κ1) is 29.8. The molecule has 43 heavy (non-hydrogen) atoms. The summed E-state index contributed by atoms with van der Waals surface area (Å²) >= 11 is 1.12. The van der Waals surface area contributed by atoms with Crippen LogP contribution in [0.1, 0.15) is 30.9 Å². The Balaban J connectivity index is 1.31. The number of aliphatic imine (C=N–C) groups is 1. The average molecular weight is 613 g/mol. The van der Waals surface area contributed by atoms with Crippen molar-refractivity contribution >= 4 is 40.2 Å². The number of alkyl halides is 3. The van der Waals surface area contributed by atoms with Gasteiger partial charge in [-0.3, -0.25) is 9.69 Å². The lowest BCUT2D eigenvalue weighted by molar-refractivity contribution is -0.274. The van der Waals surface area contributed by atoms with Crippen LogP contribution in [-0.2, 0) is 4.79 Å². The predicted molar refractivity (Wildman–Crippen MR) is 155 cm³/mol. The molecule has 0 spiro atoms. The molecule has 1 aliphatic rings. The number of halogens is 4. The van der Waals surface area contributed by atoms with Crippen LogP contribution in [0, 0.1) is 12.7 Å². The molecule has 0 atom stereocenters. The summed E-state index contributed by atoms with van der Waals surface area (Å²) in [5, 5.41) is 6.86. The van der Waals surface area contributed by atoms with Gasteiger partial charge in [0.15, 0.2) is 11.0 Å². The Kier molecular flexibility index (Phi) is 8.22. The smallest absolute Gasteiger partial charge is 0.406 e. The Hall–Kier alpha value is -4.72. The van der Waals surface area contributed by atoms with Gasteiger partial charge in [-0.2, -0.15) is 4.99 Å². The summed E-state index contributed by atoms with van der Waals surface area (Å²) in [6.07, 6.45) is -3.48. The first-order chi connectivity index (χ1) is 20.4. The number of benzene rings is 3. The summed E-state index contributed by atoms with van der Waals surface area (Å²) in [7, 11) is 0. The molecule has 14 heteroatoms. The maximum atomic E-state index is 15.0. The third kappa shape index (κ3) is 6.85. The Morgan fingerprint density at radius 3 is 2.51 bits per heavy atom. The highest BCUT2D eigenvalue weighted by atomic mass is 32.2. The number of aromatic nitrogens is 3. The molecule has 4 aromatic rings. The van der Waals surface area contributed by atoms with Crippen molar-refractivity contribution in [2.75, 3.05) is 16.0 Å². The van der Waals surface area contributed by atoms with Crippen molar-refractivity contribution in [3.63, 3.8) is 0 Å². The zero-order chi connectivity index (χ0) is 30.9. The van der Waals surface area contributed by atoms with E-state index in [1.54, 1.807) is 0 Å². The Labute approximate surface area is 247 Å². The highest BCUT2D eigenvalue weighted by Crippen LogP contribution is 2.34. The normalized spacial score (nSPS) is 14.6. The van der Waals surface area contributed by atoms with Crippen LogP contribution < -0.4 is 15.0 Å². The minimum Gasteiger partial charge on any atom is -0.406 e. The Bertz CT molecular complexity index is 1720. The second-order valence-corrected chi connectivity index (χ2v) is 10.8. The van der Waals surface area contributed by atoms with E-state index in [1.165, 1.54) is 40.2 Å². The number of carbonyl (C=O) groups excluding carboxylic acids is 2. The van der Waals surface area contributed by atoms with Crippen LogP contribution in [0.4, 0.5) is 33.7 Å². The average Bonchev–Trinajstić information content (AvgIpc) is 3.56. The SMILES string of the molecule is Cc1ccc(C(C)C)c(N2C(=O)CS/C2=N\C(=O)Nc2ccc(-c3ncn(-c4ccc(OC(F)(F)F)cc4)n3)cc2F)c1. The van der Waals surface area contributed by atoms with Gasteiger partial charge >= 0.3 is 12.4 Å². The van der Waals surface area contributed by atoms with Gasteiger partial charge in [-0.25, -0.2) is 18.9 Å². The van der Waals surface area contributed by atoms with Crippen LogP contribution in [0.3, 0.4) is 0 Å². The minimum absolute atomic E-state index is 0.117. The number of aryl methyl sites for hydroxylation is 1. The zero-order valence-corrected chi connectivity index (χ0v) is 23.8. The van der Waals surface area contributed by atoms with Crippen molar-refractivity contribution < 1.29 is 31.9 Å². The van der Waals surface area contributed by atoms with E-state index in [2.05, 4.69) is 25.1 Å². The van der Waals surface area contributed by atoms with Crippen molar-refractivity contribution in [1.29, 1.82) is 0 Å². The molecule has 3 amide bonds.